The predicted octanol–water partition coefficient (Wildman–Crippen LogP) is 2.90. The number of hydrogen-bond donors (Lipinski definition) is 0. The van der Waals surface area contributed by atoms with E-state index >= 15 is 0 Å². The zero-order valence-electron chi connectivity index (χ0n) is 14.9. The van der Waals surface area contributed by atoms with E-state index in [-0.39, 0.29) is 23.8 Å². The highest BCUT2D eigenvalue weighted by atomic mass is 31.2. The Morgan fingerprint density at radius 1 is 1.24 bits per heavy atom. The summed E-state index contributed by atoms with van der Waals surface area (Å²) < 4.78 is 43.7. The average Bonchev–Trinajstić information content (AvgIpc) is 2.64. The number of rotatable bonds is 7. The Morgan fingerprint density at radius 3 is 2.48 bits per heavy atom. The summed E-state index contributed by atoms with van der Waals surface area (Å²) in [7, 11) is 1.85. The fraction of sp³-hybridized carbons (Fsp3) is 0.562. The maximum absolute atomic E-state index is 12.3. The van der Waals surface area contributed by atoms with Gasteiger partial charge in [0, 0.05) is 21.3 Å². The summed E-state index contributed by atoms with van der Waals surface area (Å²) in [4.78, 5) is 12.1. The van der Waals surface area contributed by atoms with E-state index in [2.05, 4.69) is 0 Å². The highest BCUT2D eigenvalue weighted by Gasteiger charge is 2.33. The van der Waals surface area contributed by atoms with Gasteiger partial charge in [0.05, 0.1) is 18.8 Å². The summed E-state index contributed by atoms with van der Waals surface area (Å²) in [6.07, 6.45) is -0.521. The van der Waals surface area contributed by atoms with Crippen molar-refractivity contribution in [2.45, 2.75) is 25.7 Å². The molecule has 25 heavy (non-hydrogen) atoms. The van der Waals surface area contributed by atoms with Crippen LogP contribution in [0.4, 0.5) is 0 Å². The predicted molar refractivity (Wildman–Crippen MR) is 88.9 cm³/mol. The lowest BCUT2D eigenvalue weighted by Gasteiger charge is -2.31. The number of methoxy groups -OCH3 is 2. The molecule has 0 N–H and O–H groups in total. The summed E-state index contributed by atoms with van der Waals surface area (Å²) in [5.41, 5.74) is 1.67. The van der Waals surface area contributed by atoms with Crippen LogP contribution in [0.25, 0.3) is 0 Å². The minimum Gasteiger partial charge on any atom is -0.480 e. The first-order valence-corrected chi connectivity index (χ1v) is 9.37. The number of carbonyl (C=O) groups is 1. The lowest BCUT2D eigenvalue weighted by atomic mass is 9.95. The van der Waals surface area contributed by atoms with Crippen LogP contribution in [0.2, 0.25) is 0 Å². The second-order valence-electron chi connectivity index (χ2n) is 5.47. The Balaban J connectivity index is 2.51. The molecule has 1 heterocycles. The minimum absolute atomic E-state index is 0.0571. The van der Waals surface area contributed by atoms with Crippen molar-refractivity contribution in [3.8, 4) is 5.75 Å². The van der Waals surface area contributed by atoms with Gasteiger partial charge in [0.25, 0.3) is 0 Å². The van der Waals surface area contributed by atoms with E-state index in [1.165, 1.54) is 28.4 Å². The maximum Gasteiger partial charge on any atom is 0.367 e. The van der Waals surface area contributed by atoms with E-state index < -0.39 is 19.9 Å². The molecule has 9 heteroatoms. The van der Waals surface area contributed by atoms with Crippen LogP contribution in [0.15, 0.2) is 12.1 Å². The van der Waals surface area contributed by atoms with Gasteiger partial charge in [-0.15, -0.1) is 0 Å². The van der Waals surface area contributed by atoms with E-state index in [0.29, 0.717) is 12.0 Å². The summed E-state index contributed by atoms with van der Waals surface area (Å²) in [6, 6.07) is 3.42. The summed E-state index contributed by atoms with van der Waals surface area (Å²) in [6.45, 7) is 1.92. The SMILES string of the molecule is COC(=O)c1ccc2c(c1OCP(=O)(OC)OC)[C@@H](OC)O[C@H](C)C2. The highest BCUT2D eigenvalue weighted by molar-refractivity contribution is 7.53. The zero-order chi connectivity index (χ0) is 18.6. The van der Waals surface area contributed by atoms with Gasteiger partial charge in [0.2, 0.25) is 0 Å². The van der Waals surface area contributed by atoms with Crippen LogP contribution in [0, 0.1) is 0 Å². The third-order valence-corrected chi connectivity index (χ3v) is 5.49. The molecule has 0 spiro atoms. The van der Waals surface area contributed by atoms with Crippen LogP contribution in [-0.4, -0.2) is 46.9 Å². The molecule has 0 saturated heterocycles. The lowest BCUT2D eigenvalue weighted by molar-refractivity contribution is -0.164. The van der Waals surface area contributed by atoms with Crippen molar-refractivity contribution in [2.24, 2.45) is 0 Å². The number of esters is 1. The van der Waals surface area contributed by atoms with Crippen molar-refractivity contribution in [3.05, 3.63) is 28.8 Å². The van der Waals surface area contributed by atoms with Crippen molar-refractivity contribution >= 4 is 13.6 Å². The quantitative estimate of drug-likeness (QED) is 0.532. The molecule has 2 rings (SSSR count). The molecule has 0 aliphatic carbocycles. The fourth-order valence-corrected chi connectivity index (χ4v) is 3.28. The molecule has 1 aromatic rings. The monoisotopic (exact) mass is 374 g/mol. The van der Waals surface area contributed by atoms with Crippen molar-refractivity contribution in [1.82, 2.24) is 0 Å². The third-order valence-electron chi connectivity index (χ3n) is 3.93. The summed E-state index contributed by atoms with van der Waals surface area (Å²) in [5.74, 6) is -0.395. The van der Waals surface area contributed by atoms with Gasteiger partial charge in [-0.25, -0.2) is 4.79 Å². The zero-order valence-corrected chi connectivity index (χ0v) is 15.8. The van der Waals surface area contributed by atoms with Gasteiger partial charge in [0.1, 0.15) is 11.3 Å². The maximum atomic E-state index is 12.3. The molecule has 0 aromatic heterocycles. The fourth-order valence-electron chi connectivity index (χ4n) is 2.64. The third kappa shape index (κ3) is 4.22. The van der Waals surface area contributed by atoms with E-state index in [0.717, 1.165) is 5.56 Å². The molecule has 2 atom stereocenters. The molecule has 1 aliphatic heterocycles. The molecule has 1 aromatic carbocycles. The van der Waals surface area contributed by atoms with Crippen LogP contribution in [0.5, 0.6) is 5.75 Å². The Hall–Kier alpha value is -1.44. The molecular weight excluding hydrogens is 351 g/mol. The van der Waals surface area contributed by atoms with Crippen LogP contribution in [0.3, 0.4) is 0 Å². The van der Waals surface area contributed by atoms with Crippen molar-refractivity contribution < 1.29 is 37.4 Å². The van der Waals surface area contributed by atoms with Gasteiger partial charge in [-0.2, -0.15) is 0 Å². The molecule has 0 amide bonds. The first-order valence-electron chi connectivity index (χ1n) is 7.64. The summed E-state index contributed by atoms with van der Waals surface area (Å²) in [5, 5.41) is 0. The van der Waals surface area contributed by atoms with E-state index in [9.17, 15) is 9.36 Å². The summed E-state index contributed by atoms with van der Waals surface area (Å²) >= 11 is 0. The minimum atomic E-state index is -3.44. The molecule has 0 fully saturated rings. The van der Waals surface area contributed by atoms with E-state index in [4.69, 9.17) is 28.0 Å². The van der Waals surface area contributed by atoms with Crippen LogP contribution in [0.1, 0.15) is 34.7 Å². The molecule has 8 nitrogen and oxygen atoms in total. The van der Waals surface area contributed by atoms with Crippen molar-refractivity contribution in [2.75, 3.05) is 34.8 Å². The number of hydrogen-bond acceptors (Lipinski definition) is 8. The number of fused-ring (bicyclic) bond motifs is 1. The van der Waals surface area contributed by atoms with Gasteiger partial charge < -0.3 is 28.0 Å². The second kappa shape index (κ2) is 8.29. The molecule has 140 valence electrons. The van der Waals surface area contributed by atoms with Gasteiger partial charge in [-0.3, -0.25) is 4.57 Å². The van der Waals surface area contributed by atoms with Crippen LogP contribution >= 0.6 is 7.60 Å². The lowest BCUT2D eigenvalue weighted by Crippen LogP contribution is -2.26. The normalized spacial score (nSPS) is 20.0. The van der Waals surface area contributed by atoms with Gasteiger partial charge in [-0.1, -0.05) is 6.07 Å². The topological polar surface area (TPSA) is 89.5 Å². The first kappa shape index (κ1) is 19.9. The smallest absolute Gasteiger partial charge is 0.367 e. The molecular formula is C16H23O8P. The Bertz CT molecular complexity index is 666. The van der Waals surface area contributed by atoms with Gasteiger partial charge >= 0.3 is 13.6 Å². The Kier molecular flexibility index (Phi) is 6.59. The van der Waals surface area contributed by atoms with Crippen LogP contribution in [-0.2, 0) is 34.2 Å². The second-order valence-corrected chi connectivity index (χ2v) is 7.68. The number of benzene rings is 1. The number of carbonyl (C=O) groups excluding carboxylic acids is 1. The molecule has 0 unspecified atom stereocenters. The molecule has 1 aliphatic rings. The molecule has 0 saturated carbocycles. The van der Waals surface area contributed by atoms with Gasteiger partial charge in [0.15, 0.2) is 12.6 Å². The molecule has 0 radical (unpaired) electrons. The largest absolute Gasteiger partial charge is 0.480 e. The van der Waals surface area contributed by atoms with Gasteiger partial charge in [-0.05, 0) is 25.0 Å². The number of ether oxygens (including phenoxy) is 4. The van der Waals surface area contributed by atoms with E-state index in [1.54, 1.807) is 6.07 Å². The van der Waals surface area contributed by atoms with Crippen LogP contribution < -0.4 is 4.74 Å². The van der Waals surface area contributed by atoms with Crippen molar-refractivity contribution in [3.63, 3.8) is 0 Å². The standard InChI is InChI=1S/C16H23O8P/c1-10-8-11-6-7-12(15(17)19-2)14(13(11)16(20-3)24-10)23-9-25(18,21-4)22-5/h6-7,10,16H,8-9H2,1-5H3/t10-,16+/m1/s1. The van der Waals surface area contributed by atoms with E-state index in [1.807, 2.05) is 13.0 Å². The first-order chi connectivity index (χ1) is 11.9. The highest BCUT2D eigenvalue weighted by Crippen LogP contribution is 2.48. The Labute approximate surface area is 146 Å². The average molecular weight is 374 g/mol. The molecule has 0 bridgehead atoms. The van der Waals surface area contributed by atoms with Crippen molar-refractivity contribution in [1.29, 1.82) is 0 Å². The Morgan fingerprint density at radius 2 is 1.92 bits per heavy atom.